The molecule has 1 aromatic carbocycles. The van der Waals surface area contributed by atoms with Gasteiger partial charge < -0.3 is 15.6 Å². The van der Waals surface area contributed by atoms with Crippen molar-refractivity contribution in [3.63, 3.8) is 0 Å². The molecule has 0 amide bonds. The summed E-state index contributed by atoms with van der Waals surface area (Å²) in [6, 6.07) is 5.37. The van der Waals surface area contributed by atoms with Gasteiger partial charge in [0.15, 0.2) is 9.84 Å². The molecule has 0 heterocycles. The first kappa shape index (κ1) is 13.0. The Bertz CT molecular complexity index is 423. The summed E-state index contributed by atoms with van der Waals surface area (Å²) in [6.07, 6.45) is -0.515. The number of nitrogens with two attached hydrogens (primary N) is 1. The Morgan fingerprint density at radius 3 is 2.38 bits per heavy atom. The molecular weight excluding hydrogens is 230 g/mol. The highest BCUT2D eigenvalue weighted by atomic mass is 32.2. The van der Waals surface area contributed by atoms with Crippen LogP contribution in [0.3, 0.4) is 0 Å². The molecule has 3 N–H and O–H groups in total. The standard InChI is InChI=1S/C10H15NO4S/c1-15-9(6-11)7-16(13,14)10-4-2-8(12)3-5-10/h2-5,9,12H,6-7,11H2,1H3. The maximum absolute atomic E-state index is 11.9. The molecule has 0 saturated heterocycles. The van der Waals surface area contributed by atoms with Gasteiger partial charge >= 0.3 is 0 Å². The molecule has 1 rings (SSSR count). The second kappa shape index (κ2) is 5.29. The largest absolute Gasteiger partial charge is 0.508 e. The molecular formula is C10H15NO4S. The Hall–Kier alpha value is -1.11. The van der Waals surface area contributed by atoms with E-state index in [-0.39, 0.29) is 22.9 Å². The van der Waals surface area contributed by atoms with Crippen molar-refractivity contribution in [2.24, 2.45) is 5.73 Å². The third kappa shape index (κ3) is 3.19. The average molecular weight is 245 g/mol. The Balaban J connectivity index is 2.89. The molecule has 0 aromatic heterocycles. The molecule has 0 aliphatic rings. The van der Waals surface area contributed by atoms with Crippen molar-refractivity contribution in [3.05, 3.63) is 24.3 Å². The molecule has 0 bridgehead atoms. The van der Waals surface area contributed by atoms with E-state index >= 15 is 0 Å². The fraction of sp³-hybridized carbons (Fsp3) is 0.400. The van der Waals surface area contributed by atoms with Crippen molar-refractivity contribution in [2.45, 2.75) is 11.0 Å². The summed E-state index contributed by atoms with van der Waals surface area (Å²) < 4.78 is 28.6. The summed E-state index contributed by atoms with van der Waals surface area (Å²) in [4.78, 5) is 0.154. The predicted octanol–water partition coefficient (Wildman–Crippen LogP) is 0.140. The first-order valence-corrected chi connectivity index (χ1v) is 6.39. The van der Waals surface area contributed by atoms with Crippen LogP contribution < -0.4 is 5.73 Å². The van der Waals surface area contributed by atoms with E-state index in [1.807, 2.05) is 0 Å². The molecule has 1 unspecified atom stereocenters. The van der Waals surface area contributed by atoms with E-state index in [0.29, 0.717) is 0 Å². The molecule has 16 heavy (non-hydrogen) atoms. The first-order valence-electron chi connectivity index (χ1n) is 4.74. The van der Waals surface area contributed by atoms with Gasteiger partial charge in [-0.15, -0.1) is 0 Å². The molecule has 5 nitrogen and oxygen atoms in total. The molecule has 1 atom stereocenters. The lowest BCUT2D eigenvalue weighted by molar-refractivity contribution is 0.127. The van der Waals surface area contributed by atoms with Crippen LogP contribution in [0.2, 0.25) is 0 Å². The molecule has 0 saturated carbocycles. The van der Waals surface area contributed by atoms with Crippen LogP contribution in [0.15, 0.2) is 29.2 Å². The van der Waals surface area contributed by atoms with E-state index in [4.69, 9.17) is 15.6 Å². The average Bonchev–Trinajstić information content (AvgIpc) is 2.26. The fourth-order valence-electron chi connectivity index (χ4n) is 1.23. The Labute approximate surface area is 94.8 Å². The normalized spacial score (nSPS) is 13.6. The van der Waals surface area contributed by atoms with Crippen LogP contribution in [0.25, 0.3) is 0 Å². The smallest absolute Gasteiger partial charge is 0.180 e. The second-order valence-corrected chi connectivity index (χ2v) is 5.40. The number of rotatable bonds is 5. The number of sulfone groups is 1. The lowest BCUT2D eigenvalue weighted by atomic mass is 10.3. The minimum atomic E-state index is -3.42. The summed E-state index contributed by atoms with van der Waals surface area (Å²) in [7, 11) is -2.00. The van der Waals surface area contributed by atoms with Crippen molar-refractivity contribution in [3.8, 4) is 5.75 Å². The highest BCUT2D eigenvalue weighted by Gasteiger charge is 2.20. The molecule has 0 aliphatic carbocycles. The van der Waals surface area contributed by atoms with Crippen LogP contribution >= 0.6 is 0 Å². The van der Waals surface area contributed by atoms with Crippen molar-refractivity contribution < 1.29 is 18.3 Å². The van der Waals surface area contributed by atoms with Gasteiger partial charge in [-0.05, 0) is 24.3 Å². The number of methoxy groups -OCH3 is 1. The van der Waals surface area contributed by atoms with Gasteiger partial charge in [-0.1, -0.05) is 0 Å². The van der Waals surface area contributed by atoms with Gasteiger partial charge in [-0.25, -0.2) is 8.42 Å². The van der Waals surface area contributed by atoms with Crippen molar-refractivity contribution in [1.82, 2.24) is 0 Å². The van der Waals surface area contributed by atoms with Gasteiger partial charge in [-0.2, -0.15) is 0 Å². The van der Waals surface area contributed by atoms with Crippen molar-refractivity contribution >= 4 is 9.84 Å². The van der Waals surface area contributed by atoms with E-state index in [1.165, 1.54) is 31.4 Å². The van der Waals surface area contributed by atoms with Gasteiger partial charge in [0.05, 0.1) is 16.8 Å². The SMILES string of the molecule is COC(CN)CS(=O)(=O)c1ccc(O)cc1. The van der Waals surface area contributed by atoms with Gasteiger partial charge in [0.25, 0.3) is 0 Å². The maximum Gasteiger partial charge on any atom is 0.180 e. The quantitative estimate of drug-likeness (QED) is 0.770. The summed E-state index contributed by atoms with van der Waals surface area (Å²) in [5.41, 5.74) is 5.36. The first-order chi connectivity index (χ1) is 7.49. The molecule has 0 spiro atoms. The van der Waals surface area contributed by atoms with E-state index in [2.05, 4.69) is 0 Å². The highest BCUT2D eigenvalue weighted by molar-refractivity contribution is 7.91. The lowest BCUT2D eigenvalue weighted by Crippen LogP contribution is -2.30. The molecule has 0 aliphatic heterocycles. The van der Waals surface area contributed by atoms with Crippen LogP contribution in [0.4, 0.5) is 0 Å². The van der Waals surface area contributed by atoms with E-state index in [0.717, 1.165) is 0 Å². The number of hydrogen-bond donors (Lipinski definition) is 2. The van der Waals surface area contributed by atoms with E-state index in [1.54, 1.807) is 0 Å². The molecule has 1 aromatic rings. The summed E-state index contributed by atoms with van der Waals surface area (Å²) >= 11 is 0. The molecule has 0 fully saturated rings. The second-order valence-electron chi connectivity index (χ2n) is 3.37. The van der Waals surface area contributed by atoms with Gasteiger partial charge in [0.1, 0.15) is 5.75 Å². The molecule has 0 radical (unpaired) electrons. The number of hydrogen-bond acceptors (Lipinski definition) is 5. The van der Waals surface area contributed by atoms with Crippen molar-refractivity contribution in [2.75, 3.05) is 19.4 Å². The van der Waals surface area contributed by atoms with Crippen molar-refractivity contribution in [1.29, 1.82) is 0 Å². The van der Waals surface area contributed by atoms with E-state index in [9.17, 15) is 8.42 Å². The predicted molar refractivity (Wildman–Crippen MR) is 60.0 cm³/mol. The number of benzene rings is 1. The monoisotopic (exact) mass is 245 g/mol. The topological polar surface area (TPSA) is 89.6 Å². The van der Waals surface area contributed by atoms with Crippen LogP contribution in [-0.2, 0) is 14.6 Å². The maximum atomic E-state index is 11.9. The fourth-order valence-corrected chi connectivity index (χ4v) is 2.73. The third-order valence-electron chi connectivity index (χ3n) is 2.20. The van der Waals surface area contributed by atoms with Crippen LogP contribution in [0.1, 0.15) is 0 Å². The highest BCUT2D eigenvalue weighted by Crippen LogP contribution is 2.16. The minimum absolute atomic E-state index is 0.0288. The van der Waals surface area contributed by atoms with Crippen LogP contribution in [0.5, 0.6) is 5.75 Å². The Morgan fingerprint density at radius 1 is 1.38 bits per heavy atom. The lowest BCUT2D eigenvalue weighted by Gasteiger charge is -2.13. The number of phenols is 1. The zero-order chi connectivity index (χ0) is 12.2. The Kier molecular flexibility index (Phi) is 4.28. The van der Waals surface area contributed by atoms with Crippen LogP contribution in [0, 0.1) is 0 Å². The number of aromatic hydroxyl groups is 1. The minimum Gasteiger partial charge on any atom is -0.508 e. The zero-order valence-electron chi connectivity index (χ0n) is 8.96. The summed E-state index contributed by atoms with van der Waals surface area (Å²) in [6.45, 7) is 0.147. The van der Waals surface area contributed by atoms with Gasteiger partial charge in [0, 0.05) is 13.7 Å². The number of ether oxygens (including phenoxy) is 1. The third-order valence-corrected chi connectivity index (χ3v) is 4.00. The molecule has 6 heteroatoms. The zero-order valence-corrected chi connectivity index (χ0v) is 9.78. The van der Waals surface area contributed by atoms with Gasteiger partial charge in [-0.3, -0.25) is 0 Å². The summed E-state index contributed by atoms with van der Waals surface area (Å²) in [5, 5.41) is 9.06. The Morgan fingerprint density at radius 2 is 1.94 bits per heavy atom. The van der Waals surface area contributed by atoms with Crippen LogP contribution in [-0.4, -0.2) is 39.0 Å². The summed E-state index contributed by atoms with van der Waals surface area (Å²) in [5.74, 6) is -0.133. The molecule has 90 valence electrons. The van der Waals surface area contributed by atoms with Gasteiger partial charge in [0.2, 0.25) is 0 Å². The van der Waals surface area contributed by atoms with E-state index < -0.39 is 15.9 Å². The number of phenolic OH excluding ortho intramolecular Hbond substituents is 1.